The van der Waals surface area contributed by atoms with Crippen molar-refractivity contribution in [3.63, 3.8) is 0 Å². The normalized spacial score (nSPS) is 16.6. The van der Waals surface area contributed by atoms with Crippen molar-refractivity contribution < 1.29 is 18.8 Å². The van der Waals surface area contributed by atoms with Gasteiger partial charge in [-0.2, -0.15) is 0 Å². The van der Waals surface area contributed by atoms with Crippen LogP contribution in [0.4, 0.5) is 5.82 Å². The van der Waals surface area contributed by atoms with Gasteiger partial charge in [0.2, 0.25) is 11.8 Å². The Bertz CT molecular complexity index is 799. The van der Waals surface area contributed by atoms with Crippen LogP contribution in [0.1, 0.15) is 30.8 Å². The maximum atomic E-state index is 12.1. The molecule has 0 radical (unpaired) electrons. The topological polar surface area (TPSA) is 138 Å². The maximum Gasteiger partial charge on any atom is 0.236 e. The molecule has 146 valence electrons. The number of carbonyl (C=O) groups excluding carboxylic acids is 2. The lowest BCUT2D eigenvalue weighted by Crippen LogP contribution is -2.20. The molecule has 3 heterocycles. The van der Waals surface area contributed by atoms with Crippen LogP contribution in [0.3, 0.4) is 0 Å². The number of nitrogens with zero attached hydrogens (tertiary/aromatic N) is 4. The molecule has 0 aromatic carbocycles. The summed E-state index contributed by atoms with van der Waals surface area (Å²) in [5.74, 6) is 1.19. The van der Waals surface area contributed by atoms with Crippen molar-refractivity contribution in [2.75, 3.05) is 17.7 Å². The third-order valence-corrected chi connectivity index (χ3v) is 4.99. The largest absolute Gasteiger partial charge is 0.376 e. The maximum absolute atomic E-state index is 12.1. The molecule has 2 aromatic rings. The summed E-state index contributed by atoms with van der Waals surface area (Å²) < 4.78 is 12.5. The average molecular weight is 394 g/mol. The van der Waals surface area contributed by atoms with E-state index < -0.39 is 5.91 Å². The Balaban J connectivity index is 1.63. The molecule has 0 aliphatic carbocycles. The van der Waals surface area contributed by atoms with Crippen LogP contribution >= 0.6 is 11.8 Å². The number of aryl methyl sites for hydroxylation is 2. The number of hydrogen-bond acceptors (Lipinski definition) is 8. The molecular formula is C16H22N6O4S. The van der Waals surface area contributed by atoms with Crippen LogP contribution in [-0.2, 0) is 27.3 Å². The quantitative estimate of drug-likeness (QED) is 0.598. The number of aromatic nitrogens is 4. The van der Waals surface area contributed by atoms with Gasteiger partial charge in [-0.15, -0.1) is 10.2 Å². The van der Waals surface area contributed by atoms with E-state index in [1.165, 1.54) is 11.8 Å². The minimum absolute atomic E-state index is 0.0830. The summed E-state index contributed by atoms with van der Waals surface area (Å²) in [6.45, 7) is 3.08. The molecule has 2 aromatic heterocycles. The second-order valence-electron chi connectivity index (χ2n) is 6.27. The fourth-order valence-electron chi connectivity index (χ4n) is 2.76. The lowest BCUT2D eigenvalue weighted by Gasteiger charge is -2.14. The summed E-state index contributed by atoms with van der Waals surface area (Å²) in [7, 11) is 0. The van der Waals surface area contributed by atoms with Crippen LogP contribution in [0.15, 0.2) is 15.7 Å². The van der Waals surface area contributed by atoms with Crippen molar-refractivity contribution >= 4 is 29.4 Å². The van der Waals surface area contributed by atoms with Gasteiger partial charge < -0.3 is 24.9 Å². The van der Waals surface area contributed by atoms with Gasteiger partial charge in [-0.05, 0) is 19.8 Å². The molecule has 1 saturated heterocycles. The SMILES string of the molecule is Cc1cc(NC(=O)CSc2nnc(CCC(N)=O)n2CC2CCCO2)no1. The highest BCUT2D eigenvalue weighted by Gasteiger charge is 2.21. The molecule has 3 rings (SSSR count). The van der Waals surface area contributed by atoms with Gasteiger partial charge in [-0.3, -0.25) is 9.59 Å². The molecule has 11 heteroatoms. The average Bonchev–Trinajstić information content (AvgIpc) is 3.35. The first-order chi connectivity index (χ1) is 13.0. The minimum atomic E-state index is -0.391. The minimum Gasteiger partial charge on any atom is -0.376 e. The number of nitrogens with one attached hydrogen (secondary N) is 1. The van der Waals surface area contributed by atoms with Gasteiger partial charge in [0.15, 0.2) is 11.0 Å². The van der Waals surface area contributed by atoms with E-state index in [1.807, 2.05) is 4.57 Å². The van der Waals surface area contributed by atoms with Crippen molar-refractivity contribution in [2.24, 2.45) is 5.73 Å². The number of anilines is 1. The van der Waals surface area contributed by atoms with Crippen molar-refractivity contribution in [3.8, 4) is 0 Å². The molecule has 1 aliphatic heterocycles. The summed E-state index contributed by atoms with van der Waals surface area (Å²) in [5, 5.41) is 15.3. The predicted octanol–water partition coefficient (Wildman–Crippen LogP) is 0.902. The molecule has 1 aliphatic rings. The summed E-state index contributed by atoms with van der Waals surface area (Å²) >= 11 is 1.27. The van der Waals surface area contributed by atoms with E-state index in [-0.39, 0.29) is 24.2 Å². The van der Waals surface area contributed by atoms with Crippen LogP contribution in [0.25, 0.3) is 0 Å². The Kier molecular flexibility index (Phi) is 6.45. The van der Waals surface area contributed by atoms with Gasteiger partial charge in [0, 0.05) is 25.5 Å². The van der Waals surface area contributed by atoms with E-state index >= 15 is 0 Å². The first-order valence-corrected chi connectivity index (χ1v) is 9.68. The summed E-state index contributed by atoms with van der Waals surface area (Å²) in [6.07, 6.45) is 2.66. The van der Waals surface area contributed by atoms with E-state index in [0.29, 0.717) is 35.5 Å². The van der Waals surface area contributed by atoms with Crippen molar-refractivity contribution in [3.05, 3.63) is 17.7 Å². The molecule has 0 bridgehead atoms. The molecule has 27 heavy (non-hydrogen) atoms. The van der Waals surface area contributed by atoms with Gasteiger partial charge in [-0.1, -0.05) is 16.9 Å². The lowest BCUT2D eigenvalue weighted by molar-refractivity contribution is -0.118. The smallest absolute Gasteiger partial charge is 0.236 e. The van der Waals surface area contributed by atoms with Crippen LogP contribution in [0.2, 0.25) is 0 Å². The molecule has 2 amide bonds. The van der Waals surface area contributed by atoms with Crippen LogP contribution < -0.4 is 11.1 Å². The Morgan fingerprint density at radius 2 is 2.30 bits per heavy atom. The number of thioether (sulfide) groups is 1. The van der Waals surface area contributed by atoms with Crippen molar-refractivity contribution in [1.29, 1.82) is 0 Å². The second kappa shape index (κ2) is 9.00. The van der Waals surface area contributed by atoms with Crippen molar-refractivity contribution in [1.82, 2.24) is 19.9 Å². The van der Waals surface area contributed by atoms with Crippen LogP contribution in [0, 0.1) is 6.92 Å². The van der Waals surface area contributed by atoms with Crippen LogP contribution in [0.5, 0.6) is 0 Å². The molecule has 1 unspecified atom stereocenters. The third-order valence-electron chi connectivity index (χ3n) is 4.03. The second-order valence-corrected chi connectivity index (χ2v) is 7.21. The van der Waals surface area contributed by atoms with E-state index in [2.05, 4.69) is 20.7 Å². The first-order valence-electron chi connectivity index (χ1n) is 8.69. The van der Waals surface area contributed by atoms with E-state index in [9.17, 15) is 9.59 Å². The van der Waals surface area contributed by atoms with Gasteiger partial charge in [0.1, 0.15) is 11.6 Å². The zero-order valence-corrected chi connectivity index (χ0v) is 15.8. The fraction of sp³-hybridized carbons (Fsp3) is 0.562. The Labute approximate surface area is 160 Å². The van der Waals surface area contributed by atoms with E-state index in [4.69, 9.17) is 15.0 Å². The highest BCUT2D eigenvalue weighted by Crippen LogP contribution is 2.22. The molecular weight excluding hydrogens is 372 g/mol. The fourth-order valence-corrected chi connectivity index (χ4v) is 3.52. The number of rotatable bonds is 9. The molecule has 3 N–H and O–H groups in total. The number of ether oxygens (including phenoxy) is 1. The first kappa shape index (κ1) is 19.4. The molecule has 10 nitrogen and oxygen atoms in total. The third kappa shape index (κ3) is 5.54. The number of amides is 2. The van der Waals surface area contributed by atoms with Crippen molar-refractivity contribution in [2.45, 2.75) is 50.4 Å². The zero-order chi connectivity index (χ0) is 19.2. The van der Waals surface area contributed by atoms with Gasteiger partial charge >= 0.3 is 0 Å². The molecule has 0 saturated carbocycles. The van der Waals surface area contributed by atoms with E-state index in [1.54, 1.807) is 13.0 Å². The number of carbonyl (C=O) groups is 2. The number of primary amides is 1. The highest BCUT2D eigenvalue weighted by molar-refractivity contribution is 7.99. The summed E-state index contributed by atoms with van der Waals surface area (Å²) in [5.41, 5.74) is 5.24. The predicted molar refractivity (Wildman–Crippen MR) is 97.1 cm³/mol. The molecule has 1 fully saturated rings. The zero-order valence-electron chi connectivity index (χ0n) is 15.0. The Hall–Kier alpha value is -2.40. The monoisotopic (exact) mass is 394 g/mol. The van der Waals surface area contributed by atoms with E-state index in [0.717, 1.165) is 19.4 Å². The standard InChI is InChI=1S/C16H22N6O4S/c1-10-7-13(21-26-10)18-15(24)9-27-16-20-19-14(5-4-12(17)23)22(16)8-11-3-2-6-25-11/h7,11H,2-6,8-9H2,1H3,(H2,17,23)(H,18,21,24). The number of hydrogen-bond donors (Lipinski definition) is 2. The van der Waals surface area contributed by atoms with Crippen LogP contribution in [-0.4, -0.2) is 50.2 Å². The summed E-state index contributed by atoms with van der Waals surface area (Å²) in [6, 6.07) is 1.64. The Morgan fingerprint density at radius 1 is 1.44 bits per heavy atom. The molecule has 0 spiro atoms. The van der Waals surface area contributed by atoms with Gasteiger partial charge in [0.25, 0.3) is 0 Å². The summed E-state index contributed by atoms with van der Waals surface area (Å²) in [4.78, 5) is 23.2. The lowest BCUT2D eigenvalue weighted by atomic mass is 10.2. The highest BCUT2D eigenvalue weighted by atomic mass is 32.2. The number of nitrogens with two attached hydrogens (primary N) is 1. The Morgan fingerprint density at radius 3 is 2.96 bits per heavy atom. The van der Waals surface area contributed by atoms with Gasteiger partial charge in [0.05, 0.1) is 18.4 Å². The van der Waals surface area contributed by atoms with Gasteiger partial charge in [-0.25, -0.2) is 0 Å². The molecule has 1 atom stereocenters.